The van der Waals surface area contributed by atoms with E-state index in [1.165, 1.54) is 11.3 Å². The maximum Gasteiger partial charge on any atom is 0.260 e. The predicted octanol–water partition coefficient (Wildman–Crippen LogP) is 4.93. The minimum atomic E-state index is -0.125. The molecule has 43 heavy (non-hydrogen) atoms. The van der Waals surface area contributed by atoms with Crippen LogP contribution in [0, 0.1) is 0 Å². The van der Waals surface area contributed by atoms with Crippen molar-refractivity contribution in [3.63, 3.8) is 0 Å². The van der Waals surface area contributed by atoms with Crippen molar-refractivity contribution >= 4 is 29.1 Å². The molecule has 0 aliphatic carbocycles. The van der Waals surface area contributed by atoms with Crippen LogP contribution in [0.4, 0.5) is 11.4 Å². The number of fused-ring (bicyclic) bond motifs is 1. The quantitative estimate of drug-likeness (QED) is 0.327. The van der Waals surface area contributed by atoms with Crippen LogP contribution in [0.5, 0.6) is 0 Å². The van der Waals surface area contributed by atoms with E-state index >= 15 is 0 Å². The van der Waals surface area contributed by atoms with Crippen molar-refractivity contribution in [2.75, 3.05) is 43.4 Å². The van der Waals surface area contributed by atoms with Gasteiger partial charge in [-0.15, -0.1) is 0 Å². The van der Waals surface area contributed by atoms with Crippen molar-refractivity contribution in [3.05, 3.63) is 104 Å². The lowest BCUT2D eigenvalue weighted by molar-refractivity contribution is 0.313. The molecule has 0 radical (unpaired) electrons. The molecule has 2 aromatic heterocycles. The zero-order chi connectivity index (χ0) is 29.9. The Hall–Kier alpha value is -4.27. The first-order chi connectivity index (χ1) is 20.9. The van der Waals surface area contributed by atoms with Crippen LogP contribution in [0.1, 0.15) is 26.7 Å². The van der Waals surface area contributed by atoms with Crippen LogP contribution in [-0.4, -0.2) is 52.7 Å². The highest BCUT2D eigenvalue weighted by molar-refractivity contribution is 6.33. The number of hydrogen-bond acceptors (Lipinski definition) is 7. The van der Waals surface area contributed by atoms with Crippen LogP contribution >= 0.6 is 11.6 Å². The van der Waals surface area contributed by atoms with Gasteiger partial charge in [0.1, 0.15) is 11.3 Å². The molecule has 0 bridgehead atoms. The minimum absolute atomic E-state index is 0.125. The third-order valence-electron chi connectivity index (χ3n) is 8.23. The average molecular weight is 594 g/mol. The fourth-order valence-corrected chi connectivity index (χ4v) is 5.94. The summed E-state index contributed by atoms with van der Waals surface area (Å²) in [5.74, 6) is 1.38. The Labute approximate surface area is 256 Å². The van der Waals surface area contributed by atoms with Crippen LogP contribution in [0.15, 0.2) is 88.2 Å². The second-order valence-corrected chi connectivity index (χ2v) is 11.3. The first-order valence-corrected chi connectivity index (χ1v) is 15.3. The number of benzene rings is 2. The van der Waals surface area contributed by atoms with Crippen LogP contribution in [0.3, 0.4) is 0 Å². The van der Waals surface area contributed by atoms with Crippen LogP contribution in [0.2, 0.25) is 5.02 Å². The summed E-state index contributed by atoms with van der Waals surface area (Å²) in [5.41, 5.74) is 5.94. The van der Waals surface area contributed by atoms with E-state index in [-0.39, 0.29) is 5.56 Å². The molecule has 0 atom stereocenters. The first kappa shape index (κ1) is 28.8. The fourth-order valence-electron chi connectivity index (χ4n) is 5.66. The maximum atomic E-state index is 13.9. The molecule has 1 fully saturated rings. The van der Waals surface area contributed by atoms with Gasteiger partial charge in [-0.2, -0.15) is 0 Å². The Morgan fingerprint density at radius 2 is 1.67 bits per heavy atom. The molecule has 0 saturated carbocycles. The van der Waals surface area contributed by atoms with Gasteiger partial charge in [-0.3, -0.25) is 9.36 Å². The van der Waals surface area contributed by atoms with Crippen LogP contribution < -0.4 is 26.5 Å². The van der Waals surface area contributed by atoms with Crippen LogP contribution in [-0.2, 0) is 6.54 Å². The molecule has 9 heteroatoms. The molecule has 0 unspecified atom stereocenters. The van der Waals surface area contributed by atoms with Gasteiger partial charge in [0.05, 0.1) is 0 Å². The van der Waals surface area contributed by atoms with Crippen molar-refractivity contribution in [1.29, 1.82) is 0 Å². The van der Waals surface area contributed by atoms with Gasteiger partial charge in [0.15, 0.2) is 5.82 Å². The number of allylic oxidation sites excluding steroid dienone is 1. The van der Waals surface area contributed by atoms with E-state index < -0.39 is 0 Å². The highest BCUT2D eigenvalue weighted by Crippen LogP contribution is 2.29. The molecule has 2 aliphatic heterocycles. The molecular formula is C34H36ClN7O. The lowest BCUT2D eigenvalue weighted by Crippen LogP contribution is -2.44. The van der Waals surface area contributed by atoms with E-state index in [4.69, 9.17) is 16.6 Å². The number of anilines is 2. The van der Waals surface area contributed by atoms with Gasteiger partial charge < -0.3 is 15.1 Å². The summed E-state index contributed by atoms with van der Waals surface area (Å²) in [4.78, 5) is 32.4. The third-order valence-corrected chi connectivity index (χ3v) is 8.55. The molecule has 0 amide bonds. The topological polar surface area (TPSA) is 78.7 Å². The largest absolute Gasteiger partial charge is 0.369 e. The Morgan fingerprint density at radius 3 is 2.35 bits per heavy atom. The minimum Gasteiger partial charge on any atom is -0.369 e. The van der Waals surface area contributed by atoms with Crippen molar-refractivity contribution in [1.82, 2.24) is 19.4 Å². The summed E-state index contributed by atoms with van der Waals surface area (Å²) < 4.78 is 1.74. The van der Waals surface area contributed by atoms with Crippen molar-refractivity contribution in [2.45, 2.75) is 33.2 Å². The molecule has 8 nitrogen and oxygen atoms in total. The summed E-state index contributed by atoms with van der Waals surface area (Å²) >= 11 is 6.76. The van der Waals surface area contributed by atoms with Gasteiger partial charge in [-0.05, 0) is 74.9 Å². The molecule has 1 N–H and O–H groups in total. The van der Waals surface area contributed by atoms with E-state index in [1.54, 1.807) is 23.0 Å². The van der Waals surface area contributed by atoms with E-state index in [2.05, 4.69) is 69.4 Å². The van der Waals surface area contributed by atoms with Crippen molar-refractivity contribution in [3.8, 4) is 22.5 Å². The van der Waals surface area contributed by atoms with Gasteiger partial charge in [0.25, 0.3) is 5.56 Å². The fraction of sp³-hybridized carbons (Fsp3) is 0.294. The van der Waals surface area contributed by atoms with E-state index in [9.17, 15) is 4.79 Å². The maximum absolute atomic E-state index is 13.9. The number of aromatic nitrogens is 3. The molecule has 4 heterocycles. The normalized spacial score (nSPS) is 15.4. The number of piperazine rings is 1. The number of halogens is 1. The average Bonchev–Trinajstić information content (AvgIpc) is 3.20. The number of nitrogens with zero attached hydrogens (tertiary/aromatic N) is 6. The molecule has 220 valence electrons. The van der Waals surface area contributed by atoms with Crippen molar-refractivity contribution < 1.29 is 0 Å². The Balaban J connectivity index is 1.35. The number of nitrogens with one attached hydrogen (secondary N) is 1. The summed E-state index contributed by atoms with van der Waals surface area (Å²) in [6.45, 7) is 8.80. The Kier molecular flexibility index (Phi) is 8.40. The first-order valence-electron chi connectivity index (χ1n) is 14.9. The van der Waals surface area contributed by atoms with Gasteiger partial charge in [0, 0.05) is 83.4 Å². The summed E-state index contributed by atoms with van der Waals surface area (Å²) in [6.07, 6.45) is 7.13. The number of rotatable bonds is 7. The standard InChI is InChI=1S/C34H36ClN7O/c1-4-23-7-8-25-21-29(28-14-9-24(22-30(28)35)31-36-15-6-16-37-31)34(43)42(5-2)33(25)39-32(23)38-26-10-12-27(13-11-26)41-19-17-40(3)18-20-41/h6,8-16,21-22,38H,4-5,7,17-20H2,1-3H3. The Morgan fingerprint density at radius 1 is 0.930 bits per heavy atom. The molecule has 4 aromatic rings. The zero-order valence-corrected chi connectivity index (χ0v) is 25.6. The number of hydrogen-bond donors (Lipinski definition) is 1. The summed E-state index contributed by atoms with van der Waals surface area (Å²) in [5, 5.41) is 4.96. The number of likely N-dealkylation sites (N-methyl/N-ethyl adjacent to an activating group) is 1. The second kappa shape index (κ2) is 12.5. The molecular weight excluding hydrogens is 558 g/mol. The van der Waals surface area contributed by atoms with E-state index in [0.717, 1.165) is 61.3 Å². The molecule has 2 aliphatic rings. The van der Waals surface area contributed by atoms with Crippen molar-refractivity contribution in [2.24, 2.45) is 4.99 Å². The lowest BCUT2D eigenvalue weighted by atomic mass is 10.0. The number of pyridine rings is 1. The molecule has 6 rings (SSSR count). The molecule has 1 saturated heterocycles. The zero-order valence-electron chi connectivity index (χ0n) is 24.8. The molecule has 2 aromatic carbocycles. The second-order valence-electron chi connectivity index (χ2n) is 10.9. The van der Waals surface area contributed by atoms with Gasteiger partial charge in [-0.25, -0.2) is 15.0 Å². The van der Waals surface area contributed by atoms with Gasteiger partial charge in [-0.1, -0.05) is 36.7 Å². The summed E-state index contributed by atoms with van der Waals surface area (Å²) in [6, 6.07) is 17.9. The monoisotopic (exact) mass is 593 g/mol. The van der Waals surface area contributed by atoms with Gasteiger partial charge >= 0.3 is 0 Å². The van der Waals surface area contributed by atoms with Crippen LogP contribution in [0.25, 0.3) is 28.6 Å². The summed E-state index contributed by atoms with van der Waals surface area (Å²) in [7, 11) is 2.17. The Bertz CT molecular complexity index is 1840. The smallest absolute Gasteiger partial charge is 0.260 e. The van der Waals surface area contributed by atoms with E-state index in [0.29, 0.717) is 34.0 Å². The van der Waals surface area contributed by atoms with Gasteiger partial charge in [0.2, 0.25) is 0 Å². The molecule has 0 spiro atoms. The third kappa shape index (κ3) is 5.98. The van der Waals surface area contributed by atoms with E-state index in [1.807, 2.05) is 31.2 Å². The highest BCUT2D eigenvalue weighted by atomic mass is 35.5. The predicted molar refractivity (Wildman–Crippen MR) is 175 cm³/mol. The SMILES string of the molecule is CCC1=C(Nc2ccc(N3CCN(C)CC3)cc2)N=c2c(cc(-c3ccc(-c4ncccn4)cc3Cl)c(=O)n2CC)=CC1. The lowest BCUT2D eigenvalue weighted by Gasteiger charge is -2.34. The highest BCUT2D eigenvalue weighted by Gasteiger charge is 2.17.